The van der Waals surface area contributed by atoms with Crippen molar-refractivity contribution in [3.8, 4) is 11.5 Å². The van der Waals surface area contributed by atoms with Crippen LogP contribution in [0.3, 0.4) is 0 Å². The number of carboxylic acids is 1. The molecule has 138 valence electrons. The molecule has 1 aliphatic heterocycles. The zero-order chi connectivity index (χ0) is 18.5. The van der Waals surface area contributed by atoms with E-state index in [0.717, 1.165) is 11.3 Å². The molecule has 6 heteroatoms. The monoisotopic (exact) mass is 357 g/mol. The molecule has 0 saturated heterocycles. The average Bonchev–Trinajstić information content (AvgIpc) is 2.80. The van der Waals surface area contributed by atoms with Gasteiger partial charge in [-0.2, -0.15) is 0 Å². The molecule has 0 aliphatic carbocycles. The van der Waals surface area contributed by atoms with E-state index in [2.05, 4.69) is 11.8 Å². The predicted octanol–water partition coefficient (Wildman–Crippen LogP) is 2.41. The Bertz CT molecular complexity index is 746. The van der Waals surface area contributed by atoms with Crippen LogP contribution in [0.5, 0.6) is 11.5 Å². The van der Waals surface area contributed by atoms with Crippen molar-refractivity contribution >= 4 is 5.97 Å². The van der Waals surface area contributed by atoms with E-state index in [-0.39, 0.29) is 18.2 Å². The molecule has 6 nitrogen and oxygen atoms in total. The molecule has 0 amide bonds. The Kier molecular flexibility index (Phi) is 5.75. The van der Waals surface area contributed by atoms with Gasteiger partial charge in [-0.15, -0.1) is 0 Å². The second-order valence-corrected chi connectivity index (χ2v) is 6.49. The SMILES string of the molecule is CC1COc2ccccc2CN1CC(O)COc1ccc(C(=O)O)cc1. The summed E-state index contributed by atoms with van der Waals surface area (Å²) in [4.78, 5) is 13.0. The first-order valence-electron chi connectivity index (χ1n) is 8.62. The summed E-state index contributed by atoms with van der Waals surface area (Å²) in [5.41, 5.74) is 1.31. The summed E-state index contributed by atoms with van der Waals surface area (Å²) in [6.45, 7) is 3.96. The number of nitrogens with zero attached hydrogens (tertiary/aromatic N) is 1. The summed E-state index contributed by atoms with van der Waals surface area (Å²) in [6, 6.07) is 14.3. The van der Waals surface area contributed by atoms with Crippen LogP contribution in [-0.2, 0) is 6.54 Å². The Balaban J connectivity index is 1.55. The van der Waals surface area contributed by atoms with Crippen molar-refractivity contribution < 1.29 is 24.5 Å². The fourth-order valence-corrected chi connectivity index (χ4v) is 2.92. The van der Waals surface area contributed by atoms with E-state index in [1.807, 2.05) is 24.3 Å². The van der Waals surface area contributed by atoms with Crippen LogP contribution in [0.25, 0.3) is 0 Å². The minimum atomic E-state index is -0.978. The molecule has 0 radical (unpaired) electrons. The van der Waals surface area contributed by atoms with Crippen LogP contribution >= 0.6 is 0 Å². The molecule has 0 bridgehead atoms. The fourth-order valence-electron chi connectivity index (χ4n) is 2.92. The van der Waals surface area contributed by atoms with E-state index < -0.39 is 12.1 Å². The lowest BCUT2D eigenvalue weighted by molar-refractivity contribution is 0.0461. The summed E-state index contributed by atoms with van der Waals surface area (Å²) < 4.78 is 11.4. The molecule has 2 aromatic carbocycles. The Labute approximate surface area is 152 Å². The largest absolute Gasteiger partial charge is 0.492 e. The van der Waals surface area contributed by atoms with Crippen LogP contribution < -0.4 is 9.47 Å². The van der Waals surface area contributed by atoms with Gasteiger partial charge in [0.15, 0.2) is 0 Å². The van der Waals surface area contributed by atoms with Crippen LogP contribution in [0.15, 0.2) is 48.5 Å². The van der Waals surface area contributed by atoms with Gasteiger partial charge in [0.05, 0.1) is 5.56 Å². The topological polar surface area (TPSA) is 79.2 Å². The first-order chi connectivity index (χ1) is 12.5. The van der Waals surface area contributed by atoms with E-state index in [4.69, 9.17) is 14.6 Å². The molecule has 26 heavy (non-hydrogen) atoms. The molecule has 1 aliphatic rings. The molecule has 2 unspecified atom stereocenters. The molecule has 0 spiro atoms. The Morgan fingerprint density at radius 1 is 1.27 bits per heavy atom. The van der Waals surface area contributed by atoms with Crippen molar-refractivity contribution in [3.05, 3.63) is 59.7 Å². The maximum Gasteiger partial charge on any atom is 0.335 e. The summed E-state index contributed by atoms with van der Waals surface area (Å²) in [5, 5.41) is 19.3. The second kappa shape index (κ2) is 8.21. The number of carbonyl (C=O) groups is 1. The number of aliphatic hydroxyl groups is 1. The average molecular weight is 357 g/mol. The molecular weight excluding hydrogens is 334 g/mol. The van der Waals surface area contributed by atoms with Crippen molar-refractivity contribution in [1.29, 1.82) is 0 Å². The third-order valence-corrected chi connectivity index (χ3v) is 4.44. The van der Waals surface area contributed by atoms with Crippen molar-refractivity contribution in [2.24, 2.45) is 0 Å². The summed E-state index contributed by atoms with van der Waals surface area (Å²) in [7, 11) is 0. The van der Waals surface area contributed by atoms with Gasteiger partial charge in [0.25, 0.3) is 0 Å². The number of para-hydroxylation sites is 1. The number of hydrogen-bond acceptors (Lipinski definition) is 5. The van der Waals surface area contributed by atoms with E-state index >= 15 is 0 Å². The van der Waals surface area contributed by atoms with Crippen LogP contribution in [0.1, 0.15) is 22.8 Å². The van der Waals surface area contributed by atoms with Crippen LogP contribution in [0.4, 0.5) is 0 Å². The molecular formula is C20H23NO5. The maximum atomic E-state index is 10.8. The Morgan fingerprint density at radius 3 is 2.73 bits per heavy atom. The second-order valence-electron chi connectivity index (χ2n) is 6.49. The third-order valence-electron chi connectivity index (χ3n) is 4.44. The fraction of sp³-hybridized carbons (Fsp3) is 0.350. The summed E-state index contributed by atoms with van der Waals surface area (Å²) in [5.74, 6) is 0.451. The number of ether oxygens (including phenoxy) is 2. The van der Waals surface area contributed by atoms with Gasteiger partial charge in [0.1, 0.15) is 30.8 Å². The van der Waals surface area contributed by atoms with E-state index in [0.29, 0.717) is 25.4 Å². The van der Waals surface area contributed by atoms with Crippen LogP contribution in [0.2, 0.25) is 0 Å². The summed E-state index contributed by atoms with van der Waals surface area (Å²) in [6.07, 6.45) is -0.665. The first kappa shape index (κ1) is 18.2. The number of benzene rings is 2. The number of aliphatic hydroxyl groups excluding tert-OH is 1. The van der Waals surface area contributed by atoms with Gasteiger partial charge in [-0.25, -0.2) is 4.79 Å². The molecule has 3 rings (SSSR count). The van der Waals surface area contributed by atoms with Crippen molar-refractivity contribution in [3.63, 3.8) is 0 Å². The standard InChI is InChI=1S/C20H23NO5/c1-14-12-26-19-5-3-2-4-16(19)10-21(14)11-17(22)13-25-18-8-6-15(7-9-18)20(23)24/h2-9,14,17,22H,10-13H2,1H3,(H,23,24). The molecule has 0 fully saturated rings. The molecule has 2 N–H and O–H groups in total. The van der Waals surface area contributed by atoms with Gasteiger partial charge >= 0.3 is 5.97 Å². The van der Waals surface area contributed by atoms with Crippen molar-refractivity contribution in [2.75, 3.05) is 19.8 Å². The Hall–Kier alpha value is -2.57. The number of β-amino-alcohol motifs (C(OH)–C–C–N with tert-alkyl or cyclic N) is 1. The third kappa shape index (κ3) is 4.53. The van der Waals surface area contributed by atoms with Gasteiger partial charge in [0.2, 0.25) is 0 Å². The molecule has 2 atom stereocenters. The van der Waals surface area contributed by atoms with Gasteiger partial charge in [-0.05, 0) is 37.3 Å². The van der Waals surface area contributed by atoms with Crippen molar-refractivity contribution in [2.45, 2.75) is 25.6 Å². The lowest BCUT2D eigenvalue weighted by atomic mass is 10.1. The van der Waals surface area contributed by atoms with E-state index in [1.54, 1.807) is 12.1 Å². The highest BCUT2D eigenvalue weighted by Gasteiger charge is 2.23. The lowest BCUT2D eigenvalue weighted by Gasteiger charge is -2.28. The van der Waals surface area contributed by atoms with Gasteiger partial charge in [-0.3, -0.25) is 4.90 Å². The van der Waals surface area contributed by atoms with Gasteiger partial charge in [0, 0.05) is 24.7 Å². The molecule has 0 aromatic heterocycles. The quantitative estimate of drug-likeness (QED) is 0.827. The lowest BCUT2D eigenvalue weighted by Crippen LogP contribution is -2.41. The van der Waals surface area contributed by atoms with Crippen LogP contribution in [0, 0.1) is 0 Å². The zero-order valence-electron chi connectivity index (χ0n) is 14.7. The number of carboxylic acid groups (broad SMARTS) is 1. The van der Waals surface area contributed by atoms with E-state index in [1.165, 1.54) is 12.1 Å². The van der Waals surface area contributed by atoms with E-state index in [9.17, 15) is 9.90 Å². The predicted molar refractivity (Wildman–Crippen MR) is 96.7 cm³/mol. The zero-order valence-corrected chi connectivity index (χ0v) is 14.7. The summed E-state index contributed by atoms with van der Waals surface area (Å²) >= 11 is 0. The highest BCUT2D eigenvalue weighted by Crippen LogP contribution is 2.24. The highest BCUT2D eigenvalue weighted by atomic mass is 16.5. The molecule has 2 aromatic rings. The first-order valence-corrected chi connectivity index (χ1v) is 8.62. The van der Waals surface area contributed by atoms with Crippen LogP contribution in [-0.4, -0.2) is 53.0 Å². The Morgan fingerprint density at radius 2 is 2.00 bits per heavy atom. The highest BCUT2D eigenvalue weighted by molar-refractivity contribution is 5.87. The van der Waals surface area contributed by atoms with Gasteiger partial charge in [-0.1, -0.05) is 18.2 Å². The molecule has 0 saturated carbocycles. The number of hydrogen-bond donors (Lipinski definition) is 2. The van der Waals surface area contributed by atoms with Gasteiger partial charge < -0.3 is 19.7 Å². The minimum Gasteiger partial charge on any atom is -0.492 e. The maximum absolute atomic E-state index is 10.8. The smallest absolute Gasteiger partial charge is 0.335 e. The number of rotatable bonds is 6. The molecule has 1 heterocycles. The number of fused-ring (bicyclic) bond motifs is 1. The normalized spacial score (nSPS) is 18.3. The number of aromatic carboxylic acids is 1. The minimum absolute atomic E-state index is 0.137. The van der Waals surface area contributed by atoms with Crippen molar-refractivity contribution in [1.82, 2.24) is 4.90 Å².